The van der Waals surface area contributed by atoms with Crippen LogP contribution >= 0.6 is 0 Å². The van der Waals surface area contributed by atoms with Crippen LogP contribution in [0, 0.1) is 0 Å². The second-order valence-electron chi connectivity index (χ2n) is 10.5. The number of hydrogen-bond acceptors (Lipinski definition) is 7. The van der Waals surface area contributed by atoms with E-state index in [0.29, 0.717) is 5.71 Å². The molecule has 2 atom stereocenters. The van der Waals surface area contributed by atoms with Gasteiger partial charge in [0.25, 0.3) is 0 Å². The molecule has 1 aliphatic rings. The Morgan fingerprint density at radius 3 is 2.41 bits per heavy atom. The number of ether oxygens (including phenoxy) is 2. The highest BCUT2D eigenvalue weighted by molar-refractivity contribution is 6.05. The molecule has 1 N–H and O–H groups in total. The Kier molecular flexibility index (Phi) is 7.24. The van der Waals surface area contributed by atoms with Gasteiger partial charge in [-0.25, -0.2) is 14.8 Å². The normalized spacial score (nSPS) is 18.0. The van der Waals surface area contributed by atoms with Crippen molar-refractivity contribution in [3.05, 3.63) is 67.0 Å². The molecule has 1 saturated carbocycles. The average Bonchev–Trinajstić information content (AvgIpc) is 3.29. The van der Waals surface area contributed by atoms with Gasteiger partial charge in [0.15, 0.2) is 0 Å². The Labute approximate surface area is 217 Å². The molecule has 5 rings (SSSR count). The highest BCUT2D eigenvalue weighted by Crippen LogP contribution is 2.42. The molecule has 0 unspecified atom stereocenters. The summed E-state index contributed by atoms with van der Waals surface area (Å²) in [6.07, 6.45) is 5.20. The number of carbonyl (C=O) groups is 1. The first-order valence-electron chi connectivity index (χ1n) is 12.9. The molecule has 4 aromatic rings. The maximum atomic E-state index is 12.1. The number of esters is 1. The van der Waals surface area contributed by atoms with E-state index in [1.54, 1.807) is 0 Å². The van der Waals surface area contributed by atoms with Gasteiger partial charge in [0, 0.05) is 17.2 Å². The number of aromatic nitrogens is 2. The maximum Gasteiger partial charge on any atom is 0.332 e. The minimum Gasteiger partial charge on any atom is -0.458 e. The van der Waals surface area contributed by atoms with Gasteiger partial charge in [-0.05, 0) is 52.0 Å². The van der Waals surface area contributed by atoms with Crippen LogP contribution in [0.3, 0.4) is 0 Å². The van der Waals surface area contributed by atoms with Gasteiger partial charge in [0.1, 0.15) is 30.1 Å². The van der Waals surface area contributed by atoms with Crippen molar-refractivity contribution in [1.82, 2.24) is 9.97 Å². The summed E-state index contributed by atoms with van der Waals surface area (Å²) in [4.78, 5) is 21.2. The number of rotatable bonds is 7. The zero-order valence-corrected chi connectivity index (χ0v) is 21.6. The fourth-order valence-corrected chi connectivity index (χ4v) is 4.89. The molecule has 0 aliphatic heterocycles. The predicted octanol–water partition coefficient (Wildman–Crippen LogP) is 6.64. The third-order valence-electron chi connectivity index (χ3n) is 6.41. The van der Waals surface area contributed by atoms with Gasteiger partial charge in [0.05, 0.1) is 11.5 Å². The average molecular weight is 500 g/mol. The quantitative estimate of drug-likeness (QED) is 0.285. The minimum absolute atomic E-state index is 0.0195. The first-order valence-corrected chi connectivity index (χ1v) is 12.9. The van der Waals surface area contributed by atoms with Crippen LogP contribution in [0.15, 0.2) is 71.4 Å². The van der Waals surface area contributed by atoms with E-state index in [1.165, 1.54) is 6.33 Å². The van der Waals surface area contributed by atoms with Gasteiger partial charge in [-0.2, -0.15) is 0 Å². The Morgan fingerprint density at radius 1 is 1.00 bits per heavy atom. The van der Waals surface area contributed by atoms with Crippen LogP contribution in [-0.4, -0.2) is 40.3 Å². The number of hydrogen-bond donors (Lipinski definition) is 1. The van der Waals surface area contributed by atoms with Crippen LogP contribution in [0.5, 0.6) is 0 Å². The van der Waals surface area contributed by atoms with Crippen molar-refractivity contribution >= 4 is 22.9 Å². The second-order valence-corrected chi connectivity index (χ2v) is 10.5. The summed E-state index contributed by atoms with van der Waals surface area (Å²) in [5.41, 5.74) is 3.02. The SMILES string of the molecule is CC(C)(C)OC(=O)CO[C@@H]1CCC[C@H](Nc2ncnc3oc(-c4ccccc4)c(-c4ccccc4)c23)C1. The van der Waals surface area contributed by atoms with Crippen molar-refractivity contribution in [3.63, 3.8) is 0 Å². The largest absolute Gasteiger partial charge is 0.458 e. The number of nitrogens with zero attached hydrogens (tertiary/aromatic N) is 2. The summed E-state index contributed by atoms with van der Waals surface area (Å²) in [5, 5.41) is 4.51. The van der Waals surface area contributed by atoms with Crippen LogP contribution < -0.4 is 5.32 Å². The molecule has 1 aliphatic carbocycles. The van der Waals surface area contributed by atoms with E-state index in [1.807, 2.05) is 69.3 Å². The molecule has 0 radical (unpaired) electrons. The fraction of sp³-hybridized carbons (Fsp3) is 0.367. The Balaban J connectivity index is 1.41. The van der Waals surface area contributed by atoms with E-state index in [-0.39, 0.29) is 24.7 Å². The van der Waals surface area contributed by atoms with Crippen molar-refractivity contribution < 1.29 is 18.7 Å². The Morgan fingerprint density at radius 2 is 1.70 bits per heavy atom. The number of carbonyl (C=O) groups excluding carboxylic acids is 1. The Hall–Kier alpha value is -3.71. The number of fused-ring (bicyclic) bond motifs is 1. The lowest BCUT2D eigenvalue weighted by molar-refractivity contribution is -0.162. The van der Waals surface area contributed by atoms with Crippen molar-refractivity contribution in [2.75, 3.05) is 11.9 Å². The molecule has 1 fully saturated rings. The zero-order valence-electron chi connectivity index (χ0n) is 21.6. The van der Waals surface area contributed by atoms with Gasteiger partial charge in [-0.1, -0.05) is 60.7 Å². The highest BCUT2D eigenvalue weighted by Gasteiger charge is 2.27. The third-order valence-corrected chi connectivity index (χ3v) is 6.41. The topological polar surface area (TPSA) is 86.5 Å². The molecule has 2 aromatic heterocycles. The van der Waals surface area contributed by atoms with E-state index in [4.69, 9.17) is 13.9 Å². The molecule has 2 heterocycles. The van der Waals surface area contributed by atoms with Crippen molar-refractivity contribution in [1.29, 1.82) is 0 Å². The smallest absolute Gasteiger partial charge is 0.332 e. The van der Waals surface area contributed by atoms with Crippen molar-refractivity contribution in [3.8, 4) is 22.5 Å². The van der Waals surface area contributed by atoms with Crippen LogP contribution in [0.2, 0.25) is 0 Å². The third kappa shape index (κ3) is 6.00. The van der Waals surface area contributed by atoms with Crippen molar-refractivity contribution in [2.24, 2.45) is 0 Å². The molecule has 2 aromatic carbocycles. The van der Waals surface area contributed by atoms with E-state index in [2.05, 4.69) is 27.4 Å². The summed E-state index contributed by atoms with van der Waals surface area (Å²) in [5.74, 6) is 1.18. The minimum atomic E-state index is -0.519. The van der Waals surface area contributed by atoms with Gasteiger partial charge in [-0.15, -0.1) is 0 Å². The van der Waals surface area contributed by atoms with Crippen molar-refractivity contribution in [2.45, 2.75) is 64.2 Å². The zero-order chi connectivity index (χ0) is 25.8. The molecule has 0 bridgehead atoms. The van der Waals surface area contributed by atoms with Gasteiger partial charge >= 0.3 is 5.97 Å². The molecule has 0 saturated heterocycles. The molecular formula is C30H33N3O4. The van der Waals surface area contributed by atoms with Crippen LogP contribution in [0.4, 0.5) is 5.82 Å². The van der Waals surface area contributed by atoms with E-state index in [9.17, 15) is 4.79 Å². The Bertz CT molecular complexity index is 1350. The van der Waals surface area contributed by atoms with E-state index < -0.39 is 5.60 Å². The summed E-state index contributed by atoms with van der Waals surface area (Å²) in [6.45, 7) is 5.54. The fourth-order valence-electron chi connectivity index (χ4n) is 4.89. The number of furan rings is 1. The van der Waals surface area contributed by atoms with Gasteiger partial charge in [-0.3, -0.25) is 0 Å². The molecule has 0 spiro atoms. The predicted molar refractivity (Wildman–Crippen MR) is 144 cm³/mol. The number of benzene rings is 2. The van der Waals surface area contributed by atoms with E-state index >= 15 is 0 Å². The number of anilines is 1. The van der Waals surface area contributed by atoms with Crippen LogP contribution in [0.1, 0.15) is 46.5 Å². The first-order chi connectivity index (χ1) is 17.9. The van der Waals surface area contributed by atoms with Gasteiger partial charge in [0.2, 0.25) is 5.71 Å². The summed E-state index contributed by atoms with van der Waals surface area (Å²) in [6, 6.07) is 20.4. The molecule has 192 valence electrons. The summed E-state index contributed by atoms with van der Waals surface area (Å²) >= 11 is 0. The molecule has 7 heteroatoms. The van der Waals surface area contributed by atoms with Crippen LogP contribution in [0.25, 0.3) is 33.6 Å². The van der Waals surface area contributed by atoms with Gasteiger partial charge < -0.3 is 19.2 Å². The van der Waals surface area contributed by atoms with Crippen LogP contribution in [-0.2, 0) is 14.3 Å². The lowest BCUT2D eigenvalue weighted by Crippen LogP contribution is -2.34. The lowest BCUT2D eigenvalue weighted by atomic mass is 9.92. The lowest BCUT2D eigenvalue weighted by Gasteiger charge is -2.30. The highest BCUT2D eigenvalue weighted by atomic mass is 16.6. The molecule has 0 amide bonds. The monoisotopic (exact) mass is 499 g/mol. The molecular weight excluding hydrogens is 466 g/mol. The first kappa shape index (κ1) is 25.0. The second kappa shape index (κ2) is 10.7. The molecule has 7 nitrogen and oxygen atoms in total. The van der Waals surface area contributed by atoms with E-state index in [0.717, 1.165) is 59.3 Å². The number of nitrogens with one attached hydrogen (secondary N) is 1. The molecule has 37 heavy (non-hydrogen) atoms. The standard InChI is InChI=1S/C30H33N3O4/c1-30(2,3)37-24(34)18-35-23-16-10-15-22(17-23)33-28-26-25(20-11-6-4-7-12-20)27(21-13-8-5-9-14-21)36-29(26)32-19-31-28/h4-9,11-14,19,22-23H,10,15-18H2,1-3H3,(H,31,32,33)/t22-,23+/m0/s1. The maximum absolute atomic E-state index is 12.1. The summed E-state index contributed by atoms with van der Waals surface area (Å²) in [7, 11) is 0. The summed E-state index contributed by atoms with van der Waals surface area (Å²) < 4.78 is 17.6.